The molecule has 0 spiro atoms. The minimum absolute atomic E-state index is 0.172. The third kappa shape index (κ3) is 6.31. The largest absolute Gasteiger partial charge is 0.573 e. The van der Waals surface area contributed by atoms with Crippen LogP contribution in [0.5, 0.6) is 5.75 Å². The molecule has 1 aliphatic carbocycles. The molecule has 0 unspecified atom stereocenters. The topological polar surface area (TPSA) is 30.8 Å². The van der Waals surface area contributed by atoms with Gasteiger partial charge in [-0.25, -0.2) is 0 Å². The lowest BCUT2D eigenvalue weighted by atomic mass is 9.84. The SMILES string of the molecule is FC(F)(F)Oc1ccc(CON=Cc2cccc(C3CCCCC3)c2)cc1. The van der Waals surface area contributed by atoms with Crippen LogP contribution in [-0.4, -0.2) is 12.6 Å². The van der Waals surface area contributed by atoms with Crippen molar-refractivity contribution in [3.8, 4) is 5.75 Å². The van der Waals surface area contributed by atoms with Crippen molar-refractivity contribution in [2.75, 3.05) is 0 Å². The van der Waals surface area contributed by atoms with E-state index in [0.29, 0.717) is 11.5 Å². The molecular formula is C21H22F3NO2. The van der Waals surface area contributed by atoms with Gasteiger partial charge in [0, 0.05) is 0 Å². The minimum Gasteiger partial charge on any atom is -0.406 e. The maximum Gasteiger partial charge on any atom is 0.573 e. The predicted molar refractivity (Wildman–Crippen MR) is 97.8 cm³/mol. The van der Waals surface area contributed by atoms with Gasteiger partial charge in [0.25, 0.3) is 0 Å². The Kier molecular flexibility index (Phi) is 6.37. The summed E-state index contributed by atoms with van der Waals surface area (Å²) in [5.41, 5.74) is 3.03. The van der Waals surface area contributed by atoms with Gasteiger partial charge < -0.3 is 9.57 Å². The third-order valence-corrected chi connectivity index (χ3v) is 4.65. The van der Waals surface area contributed by atoms with E-state index < -0.39 is 6.36 Å². The maximum absolute atomic E-state index is 12.1. The second-order valence-corrected chi connectivity index (χ2v) is 6.70. The average Bonchev–Trinajstić information content (AvgIpc) is 2.66. The van der Waals surface area contributed by atoms with E-state index in [-0.39, 0.29) is 12.4 Å². The Morgan fingerprint density at radius 3 is 2.44 bits per heavy atom. The maximum atomic E-state index is 12.1. The molecule has 0 amide bonds. The van der Waals surface area contributed by atoms with Gasteiger partial charge in [-0.3, -0.25) is 0 Å². The third-order valence-electron chi connectivity index (χ3n) is 4.65. The summed E-state index contributed by atoms with van der Waals surface area (Å²) in [4.78, 5) is 5.26. The van der Waals surface area contributed by atoms with E-state index >= 15 is 0 Å². The first kappa shape index (κ1) is 19.3. The fraction of sp³-hybridized carbons (Fsp3) is 0.381. The molecule has 0 saturated heterocycles. The molecule has 2 aromatic carbocycles. The van der Waals surface area contributed by atoms with E-state index in [9.17, 15) is 13.2 Å². The summed E-state index contributed by atoms with van der Waals surface area (Å²) in [5.74, 6) is 0.375. The summed E-state index contributed by atoms with van der Waals surface area (Å²) in [6.45, 7) is 0.172. The lowest BCUT2D eigenvalue weighted by Crippen LogP contribution is -2.17. The second kappa shape index (κ2) is 8.93. The minimum atomic E-state index is -4.69. The molecule has 0 aliphatic heterocycles. The zero-order valence-corrected chi connectivity index (χ0v) is 14.9. The Morgan fingerprint density at radius 2 is 1.74 bits per heavy atom. The van der Waals surface area contributed by atoms with Crippen LogP contribution in [0.15, 0.2) is 53.7 Å². The van der Waals surface area contributed by atoms with E-state index in [2.05, 4.69) is 22.0 Å². The summed E-state index contributed by atoms with van der Waals surface area (Å²) in [5, 5.41) is 3.97. The van der Waals surface area contributed by atoms with Gasteiger partial charge in [0.05, 0.1) is 6.21 Å². The van der Waals surface area contributed by atoms with Crippen molar-refractivity contribution in [1.82, 2.24) is 0 Å². The van der Waals surface area contributed by atoms with Gasteiger partial charge >= 0.3 is 6.36 Å². The molecule has 1 saturated carbocycles. The van der Waals surface area contributed by atoms with E-state index in [1.807, 2.05) is 12.1 Å². The standard InChI is InChI=1S/C21H22F3NO2/c22-21(23,24)27-20-11-9-16(10-12-20)15-26-25-14-17-5-4-8-19(13-17)18-6-2-1-3-7-18/h4-5,8-14,18H,1-3,6-7,15H2. The molecule has 0 bridgehead atoms. The predicted octanol–water partition coefficient (Wildman–Crippen LogP) is 6.18. The van der Waals surface area contributed by atoms with Crippen LogP contribution in [0.2, 0.25) is 0 Å². The van der Waals surface area contributed by atoms with Crippen molar-refractivity contribution in [1.29, 1.82) is 0 Å². The molecule has 0 N–H and O–H groups in total. The summed E-state index contributed by atoms with van der Waals surface area (Å²) in [7, 11) is 0. The van der Waals surface area contributed by atoms with Gasteiger partial charge in [0.1, 0.15) is 12.4 Å². The van der Waals surface area contributed by atoms with Crippen LogP contribution in [-0.2, 0) is 11.4 Å². The van der Waals surface area contributed by atoms with Crippen LogP contribution in [0.25, 0.3) is 0 Å². The Bertz CT molecular complexity index is 751. The highest BCUT2D eigenvalue weighted by molar-refractivity contribution is 5.79. The first-order valence-corrected chi connectivity index (χ1v) is 9.09. The van der Waals surface area contributed by atoms with Crippen LogP contribution < -0.4 is 4.74 Å². The Morgan fingerprint density at radius 1 is 1.00 bits per heavy atom. The molecule has 0 heterocycles. The highest BCUT2D eigenvalue weighted by Crippen LogP contribution is 2.32. The van der Waals surface area contributed by atoms with Crippen molar-refractivity contribution in [2.24, 2.45) is 5.16 Å². The Labute approximate surface area is 156 Å². The number of halogens is 3. The normalized spacial score (nSPS) is 15.8. The number of nitrogens with zero attached hydrogens (tertiary/aromatic N) is 1. The molecule has 0 atom stereocenters. The Balaban J connectivity index is 1.50. The molecule has 1 fully saturated rings. The molecule has 0 radical (unpaired) electrons. The van der Waals surface area contributed by atoms with Crippen LogP contribution in [0.3, 0.4) is 0 Å². The quantitative estimate of drug-likeness (QED) is 0.444. The van der Waals surface area contributed by atoms with E-state index in [1.165, 1.54) is 61.9 Å². The van der Waals surface area contributed by atoms with Crippen molar-refractivity contribution in [2.45, 2.75) is 51.0 Å². The van der Waals surface area contributed by atoms with Gasteiger partial charge in [-0.2, -0.15) is 0 Å². The number of oxime groups is 1. The summed E-state index contributed by atoms with van der Waals surface area (Å²) >= 11 is 0. The van der Waals surface area contributed by atoms with Gasteiger partial charge in [-0.05, 0) is 53.6 Å². The van der Waals surface area contributed by atoms with Crippen LogP contribution >= 0.6 is 0 Å². The zero-order chi connectivity index (χ0) is 19.1. The van der Waals surface area contributed by atoms with E-state index in [1.54, 1.807) is 6.21 Å². The second-order valence-electron chi connectivity index (χ2n) is 6.70. The highest BCUT2D eigenvalue weighted by atomic mass is 19.4. The first-order valence-electron chi connectivity index (χ1n) is 9.09. The number of hydrogen-bond donors (Lipinski definition) is 0. The molecule has 144 valence electrons. The van der Waals surface area contributed by atoms with E-state index in [0.717, 1.165) is 5.56 Å². The van der Waals surface area contributed by atoms with Gasteiger partial charge in [-0.1, -0.05) is 54.8 Å². The lowest BCUT2D eigenvalue weighted by molar-refractivity contribution is -0.274. The van der Waals surface area contributed by atoms with Crippen LogP contribution in [0.4, 0.5) is 13.2 Å². The van der Waals surface area contributed by atoms with Crippen LogP contribution in [0.1, 0.15) is 54.7 Å². The smallest absolute Gasteiger partial charge is 0.406 e. The van der Waals surface area contributed by atoms with Gasteiger partial charge in [0.2, 0.25) is 0 Å². The lowest BCUT2D eigenvalue weighted by Gasteiger charge is -2.22. The monoisotopic (exact) mass is 377 g/mol. The fourth-order valence-electron chi connectivity index (χ4n) is 3.33. The molecule has 1 aliphatic rings. The van der Waals surface area contributed by atoms with Gasteiger partial charge in [0.15, 0.2) is 0 Å². The number of alkyl halides is 3. The number of hydrogen-bond acceptors (Lipinski definition) is 3. The number of rotatable bonds is 6. The highest BCUT2D eigenvalue weighted by Gasteiger charge is 2.30. The number of ether oxygens (including phenoxy) is 1. The molecule has 27 heavy (non-hydrogen) atoms. The molecular weight excluding hydrogens is 355 g/mol. The molecule has 3 nitrogen and oxygen atoms in total. The van der Waals surface area contributed by atoms with Crippen molar-refractivity contribution in [3.63, 3.8) is 0 Å². The Hall–Kier alpha value is -2.50. The summed E-state index contributed by atoms with van der Waals surface area (Å²) in [6.07, 6.45) is 3.37. The fourth-order valence-corrected chi connectivity index (χ4v) is 3.33. The van der Waals surface area contributed by atoms with Crippen molar-refractivity contribution in [3.05, 3.63) is 65.2 Å². The molecule has 0 aromatic heterocycles. The first-order chi connectivity index (χ1) is 13.0. The molecule has 6 heteroatoms. The number of benzene rings is 2. The van der Waals surface area contributed by atoms with Crippen LogP contribution in [0, 0.1) is 0 Å². The zero-order valence-electron chi connectivity index (χ0n) is 14.9. The summed E-state index contributed by atoms with van der Waals surface area (Å²) < 4.78 is 40.2. The average molecular weight is 377 g/mol. The van der Waals surface area contributed by atoms with Crippen molar-refractivity contribution < 1.29 is 22.7 Å². The molecule has 3 rings (SSSR count). The summed E-state index contributed by atoms with van der Waals surface area (Å²) in [6, 6.07) is 13.9. The van der Waals surface area contributed by atoms with Crippen molar-refractivity contribution >= 4 is 6.21 Å². The molecule has 2 aromatic rings. The van der Waals surface area contributed by atoms with Gasteiger partial charge in [-0.15, -0.1) is 13.2 Å². The van der Waals surface area contributed by atoms with E-state index in [4.69, 9.17) is 4.84 Å².